The average molecular weight is 296 g/mol. The summed E-state index contributed by atoms with van der Waals surface area (Å²) in [5, 5.41) is 0. The van der Waals surface area contributed by atoms with E-state index < -0.39 is 0 Å². The highest BCUT2D eigenvalue weighted by molar-refractivity contribution is 5.75. The molecular formula is C20H21FO. The molecule has 1 atom stereocenters. The van der Waals surface area contributed by atoms with Crippen molar-refractivity contribution in [3.63, 3.8) is 0 Å². The third kappa shape index (κ3) is 2.63. The van der Waals surface area contributed by atoms with E-state index in [0.717, 1.165) is 53.2 Å². The minimum absolute atomic E-state index is 0.166. The molecule has 114 valence electrons. The summed E-state index contributed by atoms with van der Waals surface area (Å²) in [7, 11) is 0. The van der Waals surface area contributed by atoms with Gasteiger partial charge in [-0.1, -0.05) is 37.1 Å². The molecule has 1 heterocycles. The van der Waals surface area contributed by atoms with Gasteiger partial charge in [-0.2, -0.15) is 0 Å². The molecule has 0 unspecified atom stereocenters. The number of halogens is 1. The Morgan fingerprint density at radius 3 is 2.68 bits per heavy atom. The summed E-state index contributed by atoms with van der Waals surface area (Å²) in [5.41, 5.74) is 4.16. The van der Waals surface area contributed by atoms with Gasteiger partial charge in [-0.25, -0.2) is 4.39 Å². The first-order valence-corrected chi connectivity index (χ1v) is 8.26. The Morgan fingerprint density at radius 1 is 1.09 bits per heavy atom. The summed E-state index contributed by atoms with van der Waals surface area (Å²) in [5.74, 6) is 1.60. The molecule has 0 spiro atoms. The number of fused-ring (bicyclic) bond motifs is 1. The van der Waals surface area contributed by atoms with Crippen LogP contribution in [0.1, 0.15) is 36.8 Å². The summed E-state index contributed by atoms with van der Waals surface area (Å²) in [6.45, 7) is 2.07. The van der Waals surface area contributed by atoms with Crippen LogP contribution in [-0.4, -0.2) is 6.10 Å². The molecule has 1 nitrogen and oxygen atoms in total. The van der Waals surface area contributed by atoms with Crippen molar-refractivity contribution in [2.45, 2.75) is 45.1 Å². The van der Waals surface area contributed by atoms with Crippen LogP contribution < -0.4 is 4.74 Å². The maximum Gasteiger partial charge on any atom is 0.130 e. The number of rotatable bonds is 3. The highest BCUT2D eigenvalue weighted by Crippen LogP contribution is 2.42. The summed E-state index contributed by atoms with van der Waals surface area (Å²) in [4.78, 5) is 0. The van der Waals surface area contributed by atoms with Crippen LogP contribution in [0.4, 0.5) is 4.39 Å². The largest absolute Gasteiger partial charge is 0.489 e. The van der Waals surface area contributed by atoms with E-state index in [2.05, 4.69) is 19.1 Å². The highest BCUT2D eigenvalue weighted by atomic mass is 19.1. The van der Waals surface area contributed by atoms with Crippen molar-refractivity contribution in [3.05, 3.63) is 53.3 Å². The van der Waals surface area contributed by atoms with E-state index in [1.165, 1.54) is 12.8 Å². The van der Waals surface area contributed by atoms with E-state index >= 15 is 0 Å². The molecule has 1 fully saturated rings. The van der Waals surface area contributed by atoms with Crippen molar-refractivity contribution < 1.29 is 9.13 Å². The Bertz CT molecular complexity index is 703. The fourth-order valence-corrected chi connectivity index (χ4v) is 3.48. The van der Waals surface area contributed by atoms with Gasteiger partial charge < -0.3 is 4.74 Å². The van der Waals surface area contributed by atoms with E-state index in [-0.39, 0.29) is 5.82 Å². The second-order valence-electron chi connectivity index (χ2n) is 6.71. The van der Waals surface area contributed by atoms with E-state index in [0.29, 0.717) is 6.10 Å². The maximum atomic E-state index is 14.0. The van der Waals surface area contributed by atoms with E-state index in [4.69, 9.17) is 4.74 Å². The van der Waals surface area contributed by atoms with Gasteiger partial charge in [0.15, 0.2) is 0 Å². The maximum absolute atomic E-state index is 14.0. The number of hydrogen-bond acceptors (Lipinski definition) is 1. The molecule has 4 rings (SSSR count). The molecule has 0 bridgehead atoms. The second-order valence-corrected chi connectivity index (χ2v) is 6.71. The van der Waals surface area contributed by atoms with E-state index in [1.54, 1.807) is 12.1 Å². The molecule has 0 aromatic heterocycles. The monoisotopic (exact) mass is 296 g/mol. The van der Waals surface area contributed by atoms with Gasteiger partial charge in [0, 0.05) is 5.56 Å². The summed E-state index contributed by atoms with van der Waals surface area (Å²) >= 11 is 0. The van der Waals surface area contributed by atoms with Crippen molar-refractivity contribution >= 4 is 0 Å². The third-order valence-corrected chi connectivity index (χ3v) is 4.88. The number of hydrogen-bond donors (Lipinski definition) is 0. The van der Waals surface area contributed by atoms with Gasteiger partial charge in [-0.15, -0.1) is 0 Å². The van der Waals surface area contributed by atoms with Crippen LogP contribution in [-0.2, 0) is 6.42 Å². The first kappa shape index (κ1) is 13.8. The molecule has 2 aromatic carbocycles. The van der Waals surface area contributed by atoms with Crippen molar-refractivity contribution in [3.8, 4) is 16.9 Å². The number of benzene rings is 2. The standard InChI is InChI=1S/C20H21FO/c1-13-4-2-3-5-18(13)19-12-16(21)11-15-8-9-17(22-20(15)19)10-14-6-7-14/h2-5,11-12,14,17H,6-10H2,1H3/t17-/m1/s1. The lowest BCUT2D eigenvalue weighted by atomic mass is 9.92. The molecule has 1 saturated carbocycles. The fourth-order valence-electron chi connectivity index (χ4n) is 3.48. The van der Waals surface area contributed by atoms with E-state index in [9.17, 15) is 4.39 Å². The summed E-state index contributed by atoms with van der Waals surface area (Å²) in [6.07, 6.45) is 6.09. The summed E-state index contributed by atoms with van der Waals surface area (Å²) < 4.78 is 20.3. The molecule has 0 radical (unpaired) electrons. The highest BCUT2D eigenvalue weighted by Gasteiger charge is 2.30. The third-order valence-electron chi connectivity index (χ3n) is 4.88. The predicted molar refractivity (Wildman–Crippen MR) is 86.7 cm³/mol. The Balaban J connectivity index is 1.75. The smallest absolute Gasteiger partial charge is 0.130 e. The Kier molecular flexibility index (Phi) is 3.40. The van der Waals surface area contributed by atoms with Crippen molar-refractivity contribution in [2.24, 2.45) is 5.92 Å². The zero-order valence-corrected chi connectivity index (χ0v) is 12.9. The van der Waals surface area contributed by atoms with Crippen LogP contribution in [0, 0.1) is 18.7 Å². The van der Waals surface area contributed by atoms with Crippen molar-refractivity contribution in [1.29, 1.82) is 0 Å². The van der Waals surface area contributed by atoms with Crippen molar-refractivity contribution in [1.82, 2.24) is 0 Å². The number of aryl methyl sites for hydroxylation is 2. The SMILES string of the molecule is Cc1ccccc1-c1cc(F)cc2c1O[C@@H](CC1CC1)CC2. The molecule has 1 aliphatic carbocycles. The van der Waals surface area contributed by atoms with Gasteiger partial charge in [0.1, 0.15) is 11.6 Å². The zero-order chi connectivity index (χ0) is 15.1. The van der Waals surface area contributed by atoms with Crippen LogP contribution in [0.15, 0.2) is 36.4 Å². The molecule has 1 aliphatic heterocycles. The Labute approximate surface area is 131 Å². The van der Waals surface area contributed by atoms with Gasteiger partial charge in [0.05, 0.1) is 6.10 Å². The molecule has 22 heavy (non-hydrogen) atoms. The molecule has 2 aromatic rings. The fraction of sp³-hybridized carbons (Fsp3) is 0.400. The minimum Gasteiger partial charge on any atom is -0.489 e. The van der Waals surface area contributed by atoms with Gasteiger partial charge in [0.25, 0.3) is 0 Å². The van der Waals surface area contributed by atoms with E-state index in [1.807, 2.05) is 12.1 Å². The molecule has 2 heteroatoms. The van der Waals surface area contributed by atoms with Crippen LogP contribution in [0.2, 0.25) is 0 Å². The molecule has 2 aliphatic rings. The quantitative estimate of drug-likeness (QED) is 0.747. The van der Waals surface area contributed by atoms with Crippen LogP contribution >= 0.6 is 0 Å². The molecule has 0 saturated heterocycles. The zero-order valence-electron chi connectivity index (χ0n) is 12.9. The van der Waals surface area contributed by atoms with Crippen LogP contribution in [0.3, 0.4) is 0 Å². The lowest BCUT2D eigenvalue weighted by Gasteiger charge is -2.28. The Morgan fingerprint density at radius 2 is 1.91 bits per heavy atom. The Hall–Kier alpha value is -1.83. The second kappa shape index (κ2) is 5.42. The average Bonchev–Trinajstić information content (AvgIpc) is 3.31. The summed E-state index contributed by atoms with van der Waals surface area (Å²) in [6, 6.07) is 11.4. The number of ether oxygens (including phenoxy) is 1. The first-order chi connectivity index (χ1) is 10.7. The van der Waals surface area contributed by atoms with Gasteiger partial charge in [-0.3, -0.25) is 0 Å². The first-order valence-electron chi connectivity index (χ1n) is 8.26. The predicted octanol–water partition coefficient (Wildman–Crippen LogP) is 5.29. The lowest BCUT2D eigenvalue weighted by Crippen LogP contribution is -2.23. The molecule has 0 amide bonds. The minimum atomic E-state index is -0.166. The normalized spacial score (nSPS) is 20.4. The topological polar surface area (TPSA) is 9.23 Å². The molecule has 0 N–H and O–H groups in total. The lowest BCUT2D eigenvalue weighted by molar-refractivity contribution is 0.158. The van der Waals surface area contributed by atoms with Gasteiger partial charge in [-0.05, 0) is 60.9 Å². The van der Waals surface area contributed by atoms with Crippen LogP contribution in [0.25, 0.3) is 11.1 Å². The van der Waals surface area contributed by atoms with Gasteiger partial charge in [0.2, 0.25) is 0 Å². The van der Waals surface area contributed by atoms with Crippen molar-refractivity contribution in [2.75, 3.05) is 0 Å². The van der Waals surface area contributed by atoms with Crippen LogP contribution in [0.5, 0.6) is 5.75 Å². The van der Waals surface area contributed by atoms with Gasteiger partial charge >= 0.3 is 0 Å². The molecular weight excluding hydrogens is 275 g/mol.